The standard InChI is InChI=1S/C18H16N4O3S/c23-14(21-18(25)20-12-6-7-12)8-22-10-19-16-15(17(22)24)13(9-26-16)11-4-2-1-3-5-11/h1-5,9-10,12H,6-8H2,(H2,20,21,23,25). The summed E-state index contributed by atoms with van der Waals surface area (Å²) in [4.78, 5) is 41.4. The van der Waals surface area contributed by atoms with Crippen LogP contribution in [0.3, 0.4) is 0 Å². The van der Waals surface area contributed by atoms with Crippen LogP contribution in [0.15, 0.2) is 46.8 Å². The number of nitrogens with one attached hydrogen (secondary N) is 2. The van der Waals surface area contributed by atoms with Gasteiger partial charge in [-0.05, 0) is 18.4 Å². The molecule has 1 fully saturated rings. The third kappa shape index (κ3) is 3.36. The Kier molecular flexibility index (Phi) is 4.26. The summed E-state index contributed by atoms with van der Waals surface area (Å²) < 4.78 is 1.22. The van der Waals surface area contributed by atoms with Crippen LogP contribution in [0.5, 0.6) is 0 Å². The van der Waals surface area contributed by atoms with Gasteiger partial charge in [0.25, 0.3) is 5.56 Å². The van der Waals surface area contributed by atoms with E-state index in [4.69, 9.17) is 0 Å². The minimum absolute atomic E-state index is 0.155. The molecule has 0 aliphatic heterocycles. The number of hydrogen-bond donors (Lipinski definition) is 2. The van der Waals surface area contributed by atoms with E-state index in [1.54, 1.807) is 0 Å². The van der Waals surface area contributed by atoms with Crippen LogP contribution in [0.1, 0.15) is 12.8 Å². The Labute approximate surface area is 152 Å². The summed E-state index contributed by atoms with van der Waals surface area (Å²) in [6, 6.07) is 9.19. The van der Waals surface area contributed by atoms with Gasteiger partial charge < -0.3 is 5.32 Å². The van der Waals surface area contributed by atoms with Crippen molar-refractivity contribution in [2.45, 2.75) is 25.4 Å². The Balaban J connectivity index is 1.60. The molecule has 132 valence electrons. The Morgan fingerprint density at radius 3 is 2.73 bits per heavy atom. The molecule has 0 unspecified atom stereocenters. The van der Waals surface area contributed by atoms with E-state index in [1.165, 1.54) is 22.2 Å². The number of thiophene rings is 1. The molecule has 4 rings (SSSR count). The summed E-state index contributed by atoms with van der Waals surface area (Å²) in [7, 11) is 0. The largest absolute Gasteiger partial charge is 0.335 e. The van der Waals surface area contributed by atoms with Crippen LogP contribution in [-0.2, 0) is 11.3 Å². The van der Waals surface area contributed by atoms with Crippen LogP contribution in [-0.4, -0.2) is 27.5 Å². The first-order valence-electron chi connectivity index (χ1n) is 8.24. The van der Waals surface area contributed by atoms with Crippen molar-refractivity contribution in [3.8, 4) is 11.1 Å². The number of amides is 3. The number of carbonyl (C=O) groups is 2. The SMILES string of the molecule is O=C(Cn1cnc2scc(-c3ccccc3)c2c1=O)NC(=O)NC1CC1. The lowest BCUT2D eigenvalue weighted by Gasteiger charge is -2.07. The fraction of sp³-hybridized carbons (Fsp3) is 0.222. The van der Waals surface area contributed by atoms with Crippen LogP contribution < -0.4 is 16.2 Å². The molecule has 8 heteroatoms. The van der Waals surface area contributed by atoms with Gasteiger partial charge in [0.15, 0.2) is 0 Å². The molecule has 3 aromatic rings. The second kappa shape index (κ2) is 6.72. The van der Waals surface area contributed by atoms with E-state index < -0.39 is 11.9 Å². The Morgan fingerprint density at radius 2 is 2.00 bits per heavy atom. The maximum absolute atomic E-state index is 12.8. The number of carbonyl (C=O) groups excluding carboxylic acids is 2. The number of hydrogen-bond acceptors (Lipinski definition) is 5. The summed E-state index contributed by atoms with van der Waals surface area (Å²) in [6.07, 6.45) is 3.21. The van der Waals surface area contributed by atoms with Crippen molar-refractivity contribution < 1.29 is 9.59 Å². The number of aromatic nitrogens is 2. The van der Waals surface area contributed by atoms with Gasteiger partial charge in [-0.25, -0.2) is 9.78 Å². The number of rotatable bonds is 4. The average molecular weight is 368 g/mol. The summed E-state index contributed by atoms with van der Waals surface area (Å²) in [5.74, 6) is -0.553. The van der Waals surface area contributed by atoms with Gasteiger partial charge in [0.1, 0.15) is 11.4 Å². The molecule has 2 aromatic heterocycles. The molecule has 0 saturated heterocycles. The van der Waals surface area contributed by atoms with Crippen molar-refractivity contribution >= 4 is 33.5 Å². The van der Waals surface area contributed by atoms with E-state index in [1.807, 2.05) is 35.7 Å². The molecule has 0 atom stereocenters. The van der Waals surface area contributed by atoms with Gasteiger partial charge in [0.05, 0.1) is 11.7 Å². The zero-order chi connectivity index (χ0) is 18.1. The van der Waals surface area contributed by atoms with Gasteiger partial charge in [0.2, 0.25) is 5.91 Å². The average Bonchev–Trinajstić information content (AvgIpc) is 3.33. The number of fused-ring (bicyclic) bond motifs is 1. The van der Waals surface area contributed by atoms with E-state index >= 15 is 0 Å². The van der Waals surface area contributed by atoms with Crippen molar-refractivity contribution in [3.05, 3.63) is 52.4 Å². The fourth-order valence-corrected chi connectivity index (χ4v) is 3.59. The highest BCUT2D eigenvalue weighted by Gasteiger charge is 2.24. The van der Waals surface area contributed by atoms with E-state index in [9.17, 15) is 14.4 Å². The number of urea groups is 1. The fourth-order valence-electron chi connectivity index (χ4n) is 2.68. The second-order valence-corrected chi connectivity index (χ2v) is 7.03. The Bertz CT molecular complexity index is 1040. The van der Waals surface area contributed by atoms with Crippen LogP contribution >= 0.6 is 11.3 Å². The lowest BCUT2D eigenvalue weighted by atomic mass is 10.1. The van der Waals surface area contributed by atoms with Gasteiger partial charge >= 0.3 is 6.03 Å². The first-order valence-corrected chi connectivity index (χ1v) is 9.12. The Morgan fingerprint density at radius 1 is 1.23 bits per heavy atom. The maximum Gasteiger partial charge on any atom is 0.321 e. The molecule has 2 N–H and O–H groups in total. The lowest BCUT2D eigenvalue weighted by Crippen LogP contribution is -2.42. The van der Waals surface area contributed by atoms with E-state index in [-0.39, 0.29) is 18.1 Å². The van der Waals surface area contributed by atoms with Crippen LogP contribution in [0, 0.1) is 0 Å². The van der Waals surface area contributed by atoms with Gasteiger partial charge in [-0.2, -0.15) is 0 Å². The number of nitrogens with zero attached hydrogens (tertiary/aromatic N) is 2. The number of benzene rings is 1. The minimum Gasteiger partial charge on any atom is -0.335 e. The zero-order valence-electron chi connectivity index (χ0n) is 13.8. The van der Waals surface area contributed by atoms with Gasteiger partial charge in [-0.15, -0.1) is 11.3 Å². The smallest absolute Gasteiger partial charge is 0.321 e. The van der Waals surface area contributed by atoms with Crippen LogP contribution in [0.4, 0.5) is 4.79 Å². The summed E-state index contributed by atoms with van der Waals surface area (Å²) in [5, 5.41) is 7.29. The monoisotopic (exact) mass is 368 g/mol. The quantitative estimate of drug-likeness (QED) is 0.738. The molecule has 0 bridgehead atoms. The first-order chi connectivity index (χ1) is 12.6. The molecular formula is C18H16N4O3S. The molecule has 1 saturated carbocycles. The summed E-state index contributed by atoms with van der Waals surface area (Å²) >= 11 is 1.39. The summed E-state index contributed by atoms with van der Waals surface area (Å²) in [6.45, 7) is -0.260. The predicted octanol–water partition coefficient (Wildman–Crippen LogP) is 2.11. The highest BCUT2D eigenvalue weighted by atomic mass is 32.1. The molecule has 0 spiro atoms. The molecule has 1 aliphatic carbocycles. The topological polar surface area (TPSA) is 93.1 Å². The van der Waals surface area contributed by atoms with Gasteiger partial charge in [-0.3, -0.25) is 19.5 Å². The lowest BCUT2D eigenvalue weighted by molar-refractivity contribution is -0.120. The molecule has 2 heterocycles. The molecule has 1 aromatic carbocycles. The highest BCUT2D eigenvalue weighted by molar-refractivity contribution is 7.17. The first kappa shape index (κ1) is 16.5. The Hall–Kier alpha value is -3.00. The van der Waals surface area contributed by atoms with E-state index in [2.05, 4.69) is 15.6 Å². The molecule has 1 aliphatic rings. The van der Waals surface area contributed by atoms with E-state index in [0.29, 0.717) is 10.2 Å². The van der Waals surface area contributed by atoms with E-state index in [0.717, 1.165) is 24.0 Å². The molecule has 0 radical (unpaired) electrons. The normalized spacial score (nSPS) is 13.5. The van der Waals surface area contributed by atoms with Crippen molar-refractivity contribution in [2.24, 2.45) is 0 Å². The van der Waals surface area contributed by atoms with Crippen molar-refractivity contribution in [2.75, 3.05) is 0 Å². The molecule has 3 amide bonds. The second-order valence-electron chi connectivity index (χ2n) is 6.17. The molecule has 7 nitrogen and oxygen atoms in total. The van der Waals surface area contributed by atoms with Gasteiger partial charge in [0, 0.05) is 17.0 Å². The predicted molar refractivity (Wildman–Crippen MR) is 99.0 cm³/mol. The van der Waals surface area contributed by atoms with Crippen molar-refractivity contribution in [1.29, 1.82) is 0 Å². The molecule has 26 heavy (non-hydrogen) atoms. The third-order valence-corrected chi connectivity index (χ3v) is 5.01. The third-order valence-electron chi connectivity index (χ3n) is 4.12. The number of imide groups is 1. The van der Waals surface area contributed by atoms with Gasteiger partial charge in [-0.1, -0.05) is 30.3 Å². The minimum atomic E-state index is -0.553. The van der Waals surface area contributed by atoms with Crippen LogP contribution in [0.25, 0.3) is 21.3 Å². The highest BCUT2D eigenvalue weighted by Crippen LogP contribution is 2.30. The summed E-state index contributed by atoms with van der Waals surface area (Å²) in [5.41, 5.74) is 1.42. The van der Waals surface area contributed by atoms with Crippen molar-refractivity contribution in [1.82, 2.24) is 20.2 Å². The molecular weight excluding hydrogens is 352 g/mol. The van der Waals surface area contributed by atoms with Crippen molar-refractivity contribution in [3.63, 3.8) is 0 Å². The maximum atomic E-state index is 12.8. The van der Waals surface area contributed by atoms with Crippen LogP contribution in [0.2, 0.25) is 0 Å². The zero-order valence-corrected chi connectivity index (χ0v) is 14.6.